The number of nitrogens with zero attached hydrogens (tertiary/aromatic N) is 4. The quantitative estimate of drug-likeness (QED) is 0.509. The van der Waals surface area contributed by atoms with E-state index < -0.39 is 0 Å². The summed E-state index contributed by atoms with van der Waals surface area (Å²) in [5.41, 5.74) is 0.993. The predicted molar refractivity (Wildman–Crippen MR) is 60.1 cm³/mol. The maximum Gasteiger partial charge on any atom is 0.206 e. The van der Waals surface area contributed by atoms with Crippen LogP contribution in [-0.4, -0.2) is 11.4 Å². The molecule has 14 heavy (non-hydrogen) atoms. The van der Waals surface area contributed by atoms with E-state index in [9.17, 15) is 0 Å². The summed E-state index contributed by atoms with van der Waals surface area (Å²) in [4.78, 5) is 7.14. The third-order valence-electron chi connectivity index (χ3n) is 1.36. The largest absolute Gasteiger partial charge is 0.206 e. The van der Waals surface area contributed by atoms with Crippen LogP contribution in [0.15, 0.2) is 31.1 Å². The minimum absolute atomic E-state index is 0.497. The van der Waals surface area contributed by atoms with Crippen LogP contribution in [0, 0.1) is 22.9 Å². The van der Waals surface area contributed by atoms with Crippen LogP contribution in [0.25, 0.3) is 0 Å². The Morgan fingerprint density at radius 1 is 0.929 bits per heavy atom. The van der Waals surface area contributed by atoms with Crippen molar-refractivity contribution in [1.82, 2.24) is 0 Å². The SMILES string of the molecule is N#CN=C1C=C(Br)C(=NC#N)C=C1Br. The van der Waals surface area contributed by atoms with Crippen molar-refractivity contribution >= 4 is 43.3 Å². The Hall–Kier alpha value is -1.24. The van der Waals surface area contributed by atoms with Crippen LogP contribution in [0.4, 0.5) is 0 Å². The molecular formula is C8H2Br2N4. The van der Waals surface area contributed by atoms with Gasteiger partial charge in [-0.15, -0.1) is 0 Å². The molecule has 0 spiro atoms. The van der Waals surface area contributed by atoms with Gasteiger partial charge in [0.2, 0.25) is 12.4 Å². The van der Waals surface area contributed by atoms with Gasteiger partial charge in [-0.2, -0.15) is 20.5 Å². The van der Waals surface area contributed by atoms with Gasteiger partial charge in [-0.1, -0.05) is 0 Å². The van der Waals surface area contributed by atoms with Gasteiger partial charge in [0.15, 0.2) is 0 Å². The molecule has 0 bridgehead atoms. The molecule has 0 atom stereocenters. The summed E-state index contributed by atoms with van der Waals surface area (Å²) in [5.74, 6) is 0. The second-order valence-electron chi connectivity index (χ2n) is 2.18. The summed E-state index contributed by atoms with van der Waals surface area (Å²) in [7, 11) is 0. The average molecular weight is 314 g/mol. The van der Waals surface area contributed by atoms with Crippen LogP contribution in [0.2, 0.25) is 0 Å². The van der Waals surface area contributed by atoms with Crippen LogP contribution in [0.3, 0.4) is 0 Å². The van der Waals surface area contributed by atoms with Crippen LogP contribution in [0.1, 0.15) is 0 Å². The first kappa shape index (κ1) is 10.8. The Morgan fingerprint density at radius 2 is 1.29 bits per heavy atom. The highest BCUT2D eigenvalue weighted by molar-refractivity contribution is 9.12. The molecule has 0 unspecified atom stereocenters. The topological polar surface area (TPSA) is 72.3 Å². The summed E-state index contributed by atoms with van der Waals surface area (Å²) in [6, 6.07) is 0. The standard InChI is InChI=1S/C8H2Br2N4/c9-5-1-7(13-3-11)6(10)2-8(5)14-4-12/h1-2H. The second-order valence-corrected chi connectivity index (χ2v) is 3.89. The van der Waals surface area contributed by atoms with E-state index >= 15 is 0 Å². The Bertz CT molecular complexity index is 413. The van der Waals surface area contributed by atoms with Crippen molar-refractivity contribution in [2.75, 3.05) is 0 Å². The first-order chi connectivity index (χ1) is 6.69. The third kappa shape index (κ3) is 2.38. The fourth-order valence-electron chi connectivity index (χ4n) is 0.805. The third-order valence-corrected chi connectivity index (χ3v) is 2.63. The molecule has 0 aromatic rings. The lowest BCUT2D eigenvalue weighted by molar-refractivity contribution is 1.43. The highest BCUT2D eigenvalue weighted by Crippen LogP contribution is 2.22. The average Bonchev–Trinajstić information content (AvgIpc) is 2.14. The van der Waals surface area contributed by atoms with Gasteiger partial charge in [-0.3, -0.25) is 0 Å². The number of aliphatic imine (C=N–C) groups is 2. The van der Waals surface area contributed by atoms with Crippen molar-refractivity contribution in [1.29, 1.82) is 10.5 Å². The van der Waals surface area contributed by atoms with Crippen LogP contribution < -0.4 is 0 Å². The zero-order valence-corrected chi connectivity index (χ0v) is 9.87. The van der Waals surface area contributed by atoms with E-state index in [4.69, 9.17) is 10.5 Å². The Morgan fingerprint density at radius 3 is 1.57 bits per heavy atom. The molecule has 1 aliphatic rings. The van der Waals surface area contributed by atoms with E-state index in [0.717, 1.165) is 0 Å². The van der Waals surface area contributed by atoms with E-state index in [1.165, 1.54) is 0 Å². The molecule has 0 amide bonds. The lowest BCUT2D eigenvalue weighted by atomic mass is 10.1. The minimum atomic E-state index is 0.497. The number of rotatable bonds is 0. The number of hydrogen-bond donors (Lipinski definition) is 0. The van der Waals surface area contributed by atoms with Crippen molar-refractivity contribution in [3.8, 4) is 12.4 Å². The van der Waals surface area contributed by atoms with Gasteiger partial charge in [-0.05, 0) is 44.0 Å². The molecule has 4 nitrogen and oxygen atoms in total. The molecule has 0 saturated heterocycles. The van der Waals surface area contributed by atoms with Gasteiger partial charge >= 0.3 is 0 Å². The van der Waals surface area contributed by atoms with Crippen molar-refractivity contribution < 1.29 is 0 Å². The Balaban J connectivity index is 3.17. The number of allylic oxidation sites excluding steroid dienone is 4. The van der Waals surface area contributed by atoms with Crippen molar-refractivity contribution in [2.24, 2.45) is 9.98 Å². The van der Waals surface area contributed by atoms with Crippen LogP contribution in [0.5, 0.6) is 0 Å². The van der Waals surface area contributed by atoms with E-state index in [0.29, 0.717) is 20.4 Å². The van der Waals surface area contributed by atoms with Crippen molar-refractivity contribution in [3.63, 3.8) is 0 Å². The summed E-state index contributed by atoms with van der Waals surface area (Å²) >= 11 is 6.43. The number of halogens is 2. The Kier molecular flexibility index (Phi) is 3.75. The number of nitriles is 2. The molecule has 0 N–H and O–H groups in total. The van der Waals surface area contributed by atoms with E-state index in [-0.39, 0.29) is 0 Å². The molecular weight excluding hydrogens is 312 g/mol. The molecule has 0 aromatic heterocycles. The molecule has 0 aliphatic heterocycles. The maximum absolute atomic E-state index is 8.38. The highest BCUT2D eigenvalue weighted by atomic mass is 79.9. The summed E-state index contributed by atoms with van der Waals surface area (Å²) < 4.78 is 1.24. The maximum atomic E-state index is 8.38. The smallest absolute Gasteiger partial charge is 0.173 e. The molecule has 0 radical (unpaired) electrons. The molecule has 6 heteroatoms. The van der Waals surface area contributed by atoms with E-state index in [1.807, 2.05) is 0 Å². The second kappa shape index (κ2) is 4.85. The van der Waals surface area contributed by atoms with Crippen LogP contribution in [-0.2, 0) is 0 Å². The van der Waals surface area contributed by atoms with Gasteiger partial charge in [-0.25, -0.2) is 0 Å². The lowest BCUT2D eigenvalue weighted by Crippen LogP contribution is -2.07. The predicted octanol–water partition coefficient (Wildman–Crippen LogP) is 2.40. The molecule has 68 valence electrons. The van der Waals surface area contributed by atoms with Crippen molar-refractivity contribution in [3.05, 3.63) is 21.1 Å². The molecule has 0 aromatic carbocycles. The fourth-order valence-corrected chi connectivity index (χ4v) is 1.64. The van der Waals surface area contributed by atoms with E-state index in [1.54, 1.807) is 24.5 Å². The summed E-state index contributed by atoms with van der Waals surface area (Å²) in [6.07, 6.45) is 6.59. The van der Waals surface area contributed by atoms with Gasteiger partial charge in [0.25, 0.3) is 0 Å². The fraction of sp³-hybridized carbons (Fsp3) is 0. The highest BCUT2D eigenvalue weighted by Gasteiger charge is 2.13. The monoisotopic (exact) mass is 312 g/mol. The lowest BCUT2D eigenvalue weighted by Gasteiger charge is -2.07. The minimum Gasteiger partial charge on any atom is -0.173 e. The molecule has 0 saturated carbocycles. The first-order valence-electron chi connectivity index (χ1n) is 3.37. The van der Waals surface area contributed by atoms with Crippen molar-refractivity contribution in [2.45, 2.75) is 0 Å². The molecule has 1 rings (SSSR count). The molecule has 0 fully saturated rings. The van der Waals surface area contributed by atoms with Gasteiger partial charge in [0.1, 0.15) is 0 Å². The van der Waals surface area contributed by atoms with Gasteiger partial charge < -0.3 is 0 Å². The first-order valence-corrected chi connectivity index (χ1v) is 4.96. The zero-order chi connectivity index (χ0) is 10.6. The molecule has 0 heterocycles. The van der Waals surface area contributed by atoms with Gasteiger partial charge in [0, 0.05) is 8.96 Å². The van der Waals surface area contributed by atoms with Gasteiger partial charge in [0.05, 0.1) is 11.4 Å². The van der Waals surface area contributed by atoms with E-state index in [2.05, 4.69) is 41.8 Å². The summed E-state index contributed by atoms with van der Waals surface area (Å²) in [6.45, 7) is 0. The zero-order valence-electron chi connectivity index (χ0n) is 6.70. The Labute approximate surface area is 97.2 Å². The van der Waals surface area contributed by atoms with Crippen LogP contribution >= 0.6 is 31.9 Å². The normalized spacial score (nSPS) is 21.1. The summed E-state index contributed by atoms with van der Waals surface area (Å²) in [5, 5.41) is 16.8. The molecule has 1 aliphatic carbocycles. The number of hydrogen-bond acceptors (Lipinski definition) is 4.